The van der Waals surface area contributed by atoms with Crippen LogP contribution in [0.1, 0.15) is 16.7 Å². The molecule has 0 fully saturated rings. The first-order valence-corrected chi connectivity index (χ1v) is 12.5. The van der Waals surface area contributed by atoms with E-state index in [1.807, 2.05) is 66.7 Å². The fraction of sp³-hybridized carbons (Fsp3) is 0.0938. The van der Waals surface area contributed by atoms with Crippen molar-refractivity contribution in [2.24, 2.45) is 5.10 Å². The van der Waals surface area contributed by atoms with Gasteiger partial charge in [-0.05, 0) is 60.5 Å². The molecule has 0 aliphatic rings. The second-order valence-corrected chi connectivity index (χ2v) is 9.15. The molecule has 0 aliphatic carbocycles. The zero-order chi connectivity index (χ0) is 26.8. The van der Waals surface area contributed by atoms with Crippen molar-refractivity contribution in [2.75, 3.05) is 7.11 Å². The Morgan fingerprint density at radius 3 is 2.64 bits per heavy atom. The minimum atomic E-state index is -0.300. The molecule has 2 heterocycles. The summed E-state index contributed by atoms with van der Waals surface area (Å²) in [6.45, 7) is 2.51. The van der Waals surface area contributed by atoms with Crippen molar-refractivity contribution < 1.29 is 13.9 Å². The first-order chi connectivity index (χ1) is 19.1. The summed E-state index contributed by atoms with van der Waals surface area (Å²) in [4.78, 5) is 18.3. The predicted molar refractivity (Wildman–Crippen MR) is 153 cm³/mol. The summed E-state index contributed by atoms with van der Waals surface area (Å²) < 4.78 is 18.9. The van der Waals surface area contributed by atoms with Gasteiger partial charge in [-0.2, -0.15) is 9.78 Å². The quantitative estimate of drug-likeness (QED) is 0.224. The first kappa shape index (κ1) is 24.2. The molecular weight excluding hydrogens is 490 g/mol. The Morgan fingerprint density at radius 2 is 1.77 bits per heavy atom. The van der Waals surface area contributed by atoms with E-state index in [0.29, 0.717) is 46.2 Å². The normalized spacial score (nSPS) is 11.4. The van der Waals surface area contributed by atoms with Crippen LogP contribution >= 0.6 is 0 Å². The van der Waals surface area contributed by atoms with E-state index in [-0.39, 0.29) is 5.56 Å². The van der Waals surface area contributed by atoms with Crippen LogP contribution in [0.2, 0.25) is 0 Å². The number of benzene rings is 4. The topological polar surface area (TPSA) is 78.9 Å². The number of fused-ring (bicyclic) bond motifs is 2. The van der Waals surface area contributed by atoms with Crippen molar-refractivity contribution in [3.63, 3.8) is 0 Å². The van der Waals surface area contributed by atoms with Gasteiger partial charge in [0.05, 0.1) is 29.6 Å². The minimum absolute atomic E-state index is 0.292. The molecule has 7 nitrogen and oxygen atoms in total. The summed E-state index contributed by atoms with van der Waals surface area (Å²) in [7, 11) is 1.61. The van der Waals surface area contributed by atoms with E-state index in [1.165, 1.54) is 10.2 Å². The van der Waals surface area contributed by atoms with Crippen molar-refractivity contribution in [1.82, 2.24) is 9.66 Å². The van der Waals surface area contributed by atoms with Crippen molar-refractivity contribution in [1.29, 1.82) is 0 Å². The van der Waals surface area contributed by atoms with Gasteiger partial charge in [0.25, 0.3) is 5.56 Å². The third-order valence-corrected chi connectivity index (χ3v) is 6.38. The lowest BCUT2D eigenvalue weighted by atomic mass is 10.1. The lowest BCUT2D eigenvalue weighted by Gasteiger charge is -2.08. The number of para-hydroxylation sites is 1. The molecule has 0 atom stereocenters. The Morgan fingerprint density at radius 1 is 0.923 bits per heavy atom. The summed E-state index contributed by atoms with van der Waals surface area (Å²) in [6.07, 6.45) is 1.62. The summed E-state index contributed by atoms with van der Waals surface area (Å²) in [5.74, 6) is 2.07. The van der Waals surface area contributed by atoms with Gasteiger partial charge in [-0.15, -0.1) is 0 Å². The number of methoxy groups -OCH3 is 1. The van der Waals surface area contributed by atoms with Gasteiger partial charge in [0, 0.05) is 0 Å². The van der Waals surface area contributed by atoms with Gasteiger partial charge >= 0.3 is 0 Å². The van der Waals surface area contributed by atoms with Crippen LogP contribution < -0.4 is 15.0 Å². The third-order valence-electron chi connectivity index (χ3n) is 6.38. The maximum atomic E-state index is 13.6. The SMILES string of the molecule is COc1cccc2oc(-c3nc4ccccc4c(=O)n3N=Cc3cccc(OCc4cccc(C)c4)c3)cc12. The third kappa shape index (κ3) is 4.90. The number of nitrogens with zero attached hydrogens (tertiary/aromatic N) is 3. The highest BCUT2D eigenvalue weighted by Gasteiger charge is 2.17. The molecular formula is C32H25N3O4. The molecule has 0 N–H and O–H groups in total. The predicted octanol–water partition coefficient (Wildman–Crippen LogP) is 6.59. The molecule has 7 heteroatoms. The second kappa shape index (κ2) is 10.3. The molecule has 0 aliphatic heterocycles. The molecule has 4 aromatic carbocycles. The molecule has 0 radical (unpaired) electrons. The Balaban J connectivity index is 1.38. The molecule has 0 unspecified atom stereocenters. The van der Waals surface area contributed by atoms with Crippen molar-refractivity contribution in [2.45, 2.75) is 13.5 Å². The molecule has 0 saturated heterocycles. The van der Waals surface area contributed by atoms with Gasteiger partial charge in [0.1, 0.15) is 23.7 Å². The number of hydrogen-bond donors (Lipinski definition) is 0. The number of aromatic nitrogens is 2. The maximum absolute atomic E-state index is 13.6. The Hall–Kier alpha value is -5.17. The molecule has 0 saturated carbocycles. The number of ether oxygens (including phenoxy) is 2. The van der Waals surface area contributed by atoms with Crippen molar-refractivity contribution in [3.8, 4) is 23.1 Å². The van der Waals surface area contributed by atoms with Crippen LogP contribution in [0.15, 0.2) is 111 Å². The molecule has 0 spiro atoms. The van der Waals surface area contributed by atoms with E-state index < -0.39 is 0 Å². The molecule has 6 aromatic rings. The summed E-state index contributed by atoms with van der Waals surface area (Å²) in [5.41, 5.74) is 3.93. The zero-order valence-corrected chi connectivity index (χ0v) is 21.5. The molecule has 6 rings (SSSR count). The van der Waals surface area contributed by atoms with Crippen molar-refractivity contribution >= 4 is 28.1 Å². The summed E-state index contributed by atoms with van der Waals surface area (Å²) in [5, 5.41) is 5.80. The van der Waals surface area contributed by atoms with E-state index in [1.54, 1.807) is 31.5 Å². The smallest absolute Gasteiger partial charge is 0.282 e. The molecule has 0 bridgehead atoms. The van der Waals surface area contributed by atoms with Gasteiger partial charge in [0.15, 0.2) is 5.76 Å². The van der Waals surface area contributed by atoms with E-state index in [4.69, 9.17) is 18.9 Å². The number of hydrogen-bond acceptors (Lipinski definition) is 6. The Kier molecular flexibility index (Phi) is 6.39. The van der Waals surface area contributed by atoms with Crippen molar-refractivity contribution in [3.05, 3.63) is 124 Å². The van der Waals surface area contributed by atoms with E-state index in [9.17, 15) is 4.79 Å². The summed E-state index contributed by atoms with van der Waals surface area (Å²) in [6, 6.07) is 30.3. The van der Waals surface area contributed by atoms with Gasteiger partial charge in [-0.1, -0.05) is 60.2 Å². The number of rotatable bonds is 7. The molecule has 39 heavy (non-hydrogen) atoms. The standard InChI is InChI=1S/C32H25N3O4/c1-21-8-5-10-23(16-21)20-38-24-11-6-9-22(17-24)19-33-35-31(34-27-13-4-3-12-25(27)32(35)36)30-18-26-28(37-2)14-7-15-29(26)39-30/h3-19H,20H2,1-2H3. The Bertz CT molecular complexity index is 1900. The molecule has 0 amide bonds. The van der Waals surface area contributed by atoms with Gasteiger partial charge in [-0.3, -0.25) is 4.79 Å². The van der Waals surface area contributed by atoms with Crippen LogP contribution in [-0.2, 0) is 6.61 Å². The highest BCUT2D eigenvalue weighted by Crippen LogP contribution is 2.32. The number of aryl methyl sites for hydroxylation is 1. The fourth-order valence-electron chi connectivity index (χ4n) is 4.49. The van der Waals surface area contributed by atoms with Gasteiger partial charge < -0.3 is 13.9 Å². The van der Waals surface area contributed by atoms with Crippen LogP contribution in [0.25, 0.3) is 33.5 Å². The zero-order valence-electron chi connectivity index (χ0n) is 21.5. The fourth-order valence-corrected chi connectivity index (χ4v) is 4.49. The molecule has 192 valence electrons. The highest BCUT2D eigenvalue weighted by molar-refractivity contribution is 5.88. The van der Waals surface area contributed by atoms with Gasteiger partial charge in [0.2, 0.25) is 5.82 Å². The van der Waals surface area contributed by atoms with Gasteiger partial charge in [-0.25, -0.2) is 4.98 Å². The van der Waals surface area contributed by atoms with Crippen LogP contribution in [-0.4, -0.2) is 23.0 Å². The van der Waals surface area contributed by atoms with Crippen LogP contribution in [0.4, 0.5) is 0 Å². The highest BCUT2D eigenvalue weighted by atomic mass is 16.5. The number of furan rings is 1. The largest absolute Gasteiger partial charge is 0.496 e. The van der Waals surface area contributed by atoms with Crippen LogP contribution in [0.5, 0.6) is 11.5 Å². The minimum Gasteiger partial charge on any atom is -0.496 e. The second-order valence-electron chi connectivity index (χ2n) is 9.15. The van der Waals surface area contributed by atoms with Crippen LogP contribution in [0, 0.1) is 6.92 Å². The lowest BCUT2D eigenvalue weighted by molar-refractivity contribution is 0.306. The Labute approximate surface area is 224 Å². The van der Waals surface area contributed by atoms with E-state index >= 15 is 0 Å². The summed E-state index contributed by atoms with van der Waals surface area (Å²) >= 11 is 0. The lowest BCUT2D eigenvalue weighted by Crippen LogP contribution is -2.20. The maximum Gasteiger partial charge on any atom is 0.282 e. The van der Waals surface area contributed by atoms with Crippen LogP contribution in [0.3, 0.4) is 0 Å². The van der Waals surface area contributed by atoms with E-state index in [2.05, 4.69) is 24.2 Å². The monoisotopic (exact) mass is 515 g/mol. The average Bonchev–Trinajstić information content (AvgIpc) is 3.40. The first-order valence-electron chi connectivity index (χ1n) is 12.5. The average molecular weight is 516 g/mol. The van der Waals surface area contributed by atoms with E-state index in [0.717, 1.165) is 16.5 Å². The molecule has 2 aromatic heterocycles.